The monoisotopic (exact) mass is 342 g/mol. The lowest BCUT2D eigenvalue weighted by atomic mass is 9.97. The van der Waals surface area contributed by atoms with E-state index in [0.29, 0.717) is 19.1 Å². The normalized spacial score (nSPS) is 19.7. The van der Waals surface area contributed by atoms with Crippen molar-refractivity contribution in [2.75, 3.05) is 66.7 Å². The van der Waals surface area contributed by atoms with Gasteiger partial charge in [-0.05, 0) is 37.6 Å². The van der Waals surface area contributed by atoms with E-state index >= 15 is 0 Å². The summed E-state index contributed by atoms with van der Waals surface area (Å²) in [7, 11) is 3.52. The maximum absolute atomic E-state index is 5.46. The number of nitrogens with zero attached hydrogens (tertiary/aromatic N) is 2. The summed E-state index contributed by atoms with van der Waals surface area (Å²) in [4.78, 5) is 6.91. The molecular formula is C18H38N4O2. The first-order valence-corrected chi connectivity index (χ1v) is 9.39. The number of ether oxygens (including phenoxy) is 2. The molecule has 0 aromatic carbocycles. The van der Waals surface area contributed by atoms with Crippen LogP contribution in [0.3, 0.4) is 0 Å². The Kier molecular flexibility index (Phi) is 11.9. The molecule has 6 nitrogen and oxygen atoms in total. The van der Waals surface area contributed by atoms with Gasteiger partial charge in [0.1, 0.15) is 0 Å². The van der Waals surface area contributed by atoms with E-state index in [1.165, 1.54) is 32.5 Å². The summed E-state index contributed by atoms with van der Waals surface area (Å²) in [5, 5.41) is 6.83. The highest BCUT2D eigenvalue weighted by Gasteiger charge is 2.20. The molecule has 0 spiro atoms. The second-order valence-electron chi connectivity index (χ2n) is 7.00. The molecule has 1 aliphatic rings. The lowest BCUT2D eigenvalue weighted by molar-refractivity contribution is 0.0698. The number of likely N-dealkylation sites (tertiary alicyclic amines) is 1. The van der Waals surface area contributed by atoms with Gasteiger partial charge < -0.3 is 25.0 Å². The molecule has 0 bridgehead atoms. The highest BCUT2D eigenvalue weighted by Crippen LogP contribution is 2.16. The number of rotatable bonds is 11. The summed E-state index contributed by atoms with van der Waals surface area (Å²) >= 11 is 0. The molecule has 24 heavy (non-hydrogen) atoms. The molecule has 0 aliphatic carbocycles. The average Bonchev–Trinajstić information content (AvgIpc) is 2.56. The second-order valence-corrected chi connectivity index (χ2v) is 7.00. The Morgan fingerprint density at radius 3 is 2.79 bits per heavy atom. The lowest BCUT2D eigenvalue weighted by Crippen LogP contribution is -2.45. The van der Waals surface area contributed by atoms with Gasteiger partial charge in [0.25, 0.3) is 0 Å². The summed E-state index contributed by atoms with van der Waals surface area (Å²) in [6.07, 6.45) is 3.59. The molecule has 1 heterocycles. The molecule has 0 aromatic rings. The van der Waals surface area contributed by atoms with Crippen LogP contribution in [0.5, 0.6) is 0 Å². The van der Waals surface area contributed by atoms with E-state index < -0.39 is 0 Å². The zero-order valence-electron chi connectivity index (χ0n) is 16.1. The molecule has 1 aliphatic heterocycles. The summed E-state index contributed by atoms with van der Waals surface area (Å²) in [6, 6.07) is 0. The minimum absolute atomic E-state index is 0.659. The molecule has 0 amide bonds. The molecule has 1 saturated heterocycles. The number of piperidine rings is 1. The third kappa shape index (κ3) is 10.1. The van der Waals surface area contributed by atoms with Gasteiger partial charge in [-0.3, -0.25) is 4.99 Å². The number of guanidine groups is 1. The van der Waals surface area contributed by atoms with Gasteiger partial charge in [0.2, 0.25) is 0 Å². The quantitative estimate of drug-likeness (QED) is 0.339. The molecule has 2 N–H and O–H groups in total. The topological polar surface area (TPSA) is 58.1 Å². The molecule has 0 aromatic heterocycles. The molecule has 142 valence electrons. The first-order valence-electron chi connectivity index (χ1n) is 9.39. The van der Waals surface area contributed by atoms with Crippen molar-refractivity contribution in [1.82, 2.24) is 15.5 Å². The smallest absolute Gasteiger partial charge is 0.190 e. The number of nitrogens with one attached hydrogen (secondary N) is 2. The van der Waals surface area contributed by atoms with Gasteiger partial charge in [-0.15, -0.1) is 0 Å². The van der Waals surface area contributed by atoms with Crippen molar-refractivity contribution in [3.05, 3.63) is 0 Å². The van der Waals surface area contributed by atoms with E-state index in [9.17, 15) is 0 Å². The van der Waals surface area contributed by atoms with E-state index in [1.54, 1.807) is 7.11 Å². The van der Waals surface area contributed by atoms with Gasteiger partial charge in [-0.2, -0.15) is 0 Å². The molecule has 1 unspecified atom stereocenters. The van der Waals surface area contributed by atoms with Gasteiger partial charge in [0.05, 0.1) is 13.2 Å². The number of hydrogen-bond donors (Lipinski definition) is 2. The first-order chi connectivity index (χ1) is 11.7. The minimum Gasteiger partial charge on any atom is -0.382 e. The van der Waals surface area contributed by atoms with Crippen LogP contribution in [-0.4, -0.2) is 77.6 Å². The van der Waals surface area contributed by atoms with Gasteiger partial charge in [0, 0.05) is 46.9 Å². The van der Waals surface area contributed by atoms with E-state index in [1.807, 2.05) is 7.05 Å². The Balaban J connectivity index is 2.12. The Bertz CT molecular complexity index is 337. The number of hydrogen-bond acceptors (Lipinski definition) is 4. The number of methoxy groups -OCH3 is 1. The fraction of sp³-hybridized carbons (Fsp3) is 0.944. The van der Waals surface area contributed by atoms with Crippen LogP contribution in [0.4, 0.5) is 0 Å². The van der Waals surface area contributed by atoms with Crippen LogP contribution >= 0.6 is 0 Å². The van der Waals surface area contributed by atoms with Crippen LogP contribution in [0.15, 0.2) is 4.99 Å². The van der Waals surface area contributed by atoms with Crippen LogP contribution in [0, 0.1) is 11.8 Å². The van der Waals surface area contributed by atoms with Crippen molar-refractivity contribution in [2.24, 2.45) is 16.8 Å². The average molecular weight is 343 g/mol. The maximum atomic E-state index is 5.46. The van der Waals surface area contributed by atoms with Crippen LogP contribution < -0.4 is 10.6 Å². The fourth-order valence-electron chi connectivity index (χ4n) is 3.09. The number of aliphatic imine (C=N–C) groups is 1. The summed E-state index contributed by atoms with van der Waals surface area (Å²) in [5.74, 6) is 2.36. The third-order valence-electron chi connectivity index (χ3n) is 4.20. The van der Waals surface area contributed by atoms with Crippen molar-refractivity contribution in [2.45, 2.75) is 33.1 Å². The van der Waals surface area contributed by atoms with Crippen LogP contribution in [0.25, 0.3) is 0 Å². The van der Waals surface area contributed by atoms with E-state index in [0.717, 1.165) is 38.0 Å². The second kappa shape index (κ2) is 13.4. The summed E-state index contributed by atoms with van der Waals surface area (Å²) < 4.78 is 10.4. The summed E-state index contributed by atoms with van der Waals surface area (Å²) in [6.45, 7) is 12.2. The highest BCUT2D eigenvalue weighted by molar-refractivity contribution is 5.79. The molecule has 0 saturated carbocycles. The van der Waals surface area contributed by atoms with Crippen molar-refractivity contribution in [3.8, 4) is 0 Å². The predicted molar refractivity (Wildman–Crippen MR) is 101 cm³/mol. The van der Waals surface area contributed by atoms with Gasteiger partial charge in [0.15, 0.2) is 5.96 Å². The Labute approximate surface area is 148 Å². The lowest BCUT2D eigenvalue weighted by Gasteiger charge is -2.34. The molecule has 1 atom stereocenters. The zero-order chi connectivity index (χ0) is 17.6. The standard InChI is InChI=1S/C18H38N4O2/c1-16(2)14-22-9-5-7-17(15-22)13-21-18(19-3)20-8-6-10-24-12-11-23-4/h16-17H,5-15H2,1-4H3,(H2,19,20,21). The maximum Gasteiger partial charge on any atom is 0.190 e. The molecule has 6 heteroatoms. The molecule has 1 rings (SSSR count). The molecule has 1 fully saturated rings. The van der Waals surface area contributed by atoms with E-state index in [4.69, 9.17) is 9.47 Å². The van der Waals surface area contributed by atoms with Crippen LogP contribution in [0.2, 0.25) is 0 Å². The highest BCUT2D eigenvalue weighted by atomic mass is 16.5. The fourth-order valence-corrected chi connectivity index (χ4v) is 3.09. The zero-order valence-corrected chi connectivity index (χ0v) is 16.1. The van der Waals surface area contributed by atoms with Crippen molar-refractivity contribution >= 4 is 5.96 Å². The minimum atomic E-state index is 0.659. The van der Waals surface area contributed by atoms with Crippen molar-refractivity contribution in [3.63, 3.8) is 0 Å². The Morgan fingerprint density at radius 1 is 1.25 bits per heavy atom. The van der Waals surface area contributed by atoms with Crippen LogP contribution in [0.1, 0.15) is 33.1 Å². The summed E-state index contributed by atoms with van der Waals surface area (Å²) in [5.41, 5.74) is 0. The Morgan fingerprint density at radius 2 is 2.08 bits per heavy atom. The van der Waals surface area contributed by atoms with E-state index in [-0.39, 0.29) is 0 Å². The molecule has 0 radical (unpaired) electrons. The van der Waals surface area contributed by atoms with E-state index in [2.05, 4.69) is 34.4 Å². The first kappa shape index (κ1) is 21.2. The van der Waals surface area contributed by atoms with Crippen molar-refractivity contribution < 1.29 is 9.47 Å². The third-order valence-corrected chi connectivity index (χ3v) is 4.20. The van der Waals surface area contributed by atoms with Gasteiger partial charge >= 0.3 is 0 Å². The predicted octanol–water partition coefficient (Wildman–Crippen LogP) is 1.57. The largest absolute Gasteiger partial charge is 0.382 e. The van der Waals surface area contributed by atoms with Crippen LogP contribution in [-0.2, 0) is 9.47 Å². The SMILES string of the molecule is CN=C(NCCCOCCOC)NCC1CCCN(CC(C)C)C1. The molecular weight excluding hydrogens is 304 g/mol. The Hall–Kier alpha value is -0.850. The van der Waals surface area contributed by atoms with Gasteiger partial charge in [-0.25, -0.2) is 0 Å². The van der Waals surface area contributed by atoms with Crippen molar-refractivity contribution in [1.29, 1.82) is 0 Å². The van der Waals surface area contributed by atoms with Gasteiger partial charge in [-0.1, -0.05) is 13.8 Å².